The van der Waals surface area contributed by atoms with Crippen molar-refractivity contribution in [1.82, 2.24) is 9.55 Å². The number of nitrogens with zero attached hydrogens (tertiary/aromatic N) is 3. The van der Waals surface area contributed by atoms with E-state index < -0.39 is 5.97 Å². The smallest absolute Gasteiger partial charge is 0.414 e. The molecule has 1 amide bonds. The van der Waals surface area contributed by atoms with Crippen LogP contribution >= 0.6 is 0 Å². The lowest BCUT2D eigenvalue weighted by Gasteiger charge is -2.34. The van der Waals surface area contributed by atoms with Crippen LogP contribution in [0, 0.1) is 5.92 Å². The van der Waals surface area contributed by atoms with Crippen molar-refractivity contribution < 1.29 is 24.2 Å². The minimum absolute atomic E-state index is 0.0332. The Morgan fingerprint density at radius 2 is 1.76 bits per heavy atom. The van der Waals surface area contributed by atoms with Gasteiger partial charge in [-0.05, 0) is 69.7 Å². The van der Waals surface area contributed by atoms with E-state index >= 15 is 0 Å². The van der Waals surface area contributed by atoms with E-state index in [1.54, 1.807) is 4.90 Å². The van der Waals surface area contributed by atoms with E-state index in [4.69, 9.17) is 14.5 Å². The number of aromatic nitrogens is 2. The van der Waals surface area contributed by atoms with Gasteiger partial charge in [-0.25, -0.2) is 4.79 Å². The van der Waals surface area contributed by atoms with E-state index in [1.165, 1.54) is 7.11 Å². The van der Waals surface area contributed by atoms with Crippen molar-refractivity contribution in [3.8, 4) is 11.8 Å². The minimum atomic E-state index is -0.721. The summed E-state index contributed by atoms with van der Waals surface area (Å²) in [4.78, 5) is 30.6. The second kappa shape index (κ2) is 9.00. The fourth-order valence-electron chi connectivity index (χ4n) is 5.35. The zero-order chi connectivity index (χ0) is 23.8. The van der Waals surface area contributed by atoms with Crippen LogP contribution in [0.1, 0.15) is 50.6 Å². The molecule has 0 saturated heterocycles. The molecule has 2 heterocycles. The van der Waals surface area contributed by atoms with Crippen LogP contribution in [0.5, 0.6) is 11.8 Å². The second-order valence-electron chi connectivity index (χ2n) is 9.18. The number of aryl methyl sites for hydroxylation is 1. The molecule has 3 aromatic rings. The van der Waals surface area contributed by atoms with Gasteiger partial charge in [0.05, 0.1) is 29.7 Å². The predicted molar refractivity (Wildman–Crippen MR) is 128 cm³/mol. The Morgan fingerprint density at radius 3 is 2.44 bits per heavy atom. The number of para-hydroxylation sites is 1. The average Bonchev–Trinajstić information content (AvgIpc) is 3.22. The quantitative estimate of drug-likeness (QED) is 0.545. The number of ether oxygens (including phenoxy) is 2. The molecule has 0 radical (unpaired) electrons. The first-order valence-corrected chi connectivity index (χ1v) is 11.8. The van der Waals surface area contributed by atoms with Crippen molar-refractivity contribution in [2.75, 3.05) is 12.0 Å². The maximum atomic E-state index is 12.5. The Morgan fingerprint density at radius 1 is 1.03 bits per heavy atom. The highest BCUT2D eigenvalue weighted by Crippen LogP contribution is 2.42. The number of carboxylic acid groups (broad SMARTS) is 1. The third kappa shape index (κ3) is 3.87. The zero-order valence-corrected chi connectivity index (χ0v) is 19.4. The Labute approximate surface area is 198 Å². The number of methoxy groups -OCH3 is 1. The standard InChI is InChI=1S/C26H29N3O5/c1-16-8-13-20-21(28(16)26(32)33-2)14-15-22-23(20)27-25(34-19-6-4-3-5-7-19)29(22)18-11-9-17(10-12-18)24(30)31/h3-7,14-18H,8-13H2,1-2H3,(H,30,31)/t16-,17?,18?/m0/s1. The number of fused-ring (bicyclic) bond motifs is 3. The topological polar surface area (TPSA) is 93.9 Å². The van der Waals surface area contributed by atoms with Crippen LogP contribution in [0.4, 0.5) is 10.5 Å². The third-order valence-corrected chi connectivity index (χ3v) is 7.16. The molecule has 1 atom stereocenters. The number of carboxylic acids is 1. The van der Waals surface area contributed by atoms with Gasteiger partial charge in [-0.15, -0.1) is 0 Å². The lowest BCUT2D eigenvalue weighted by atomic mass is 9.86. The first kappa shape index (κ1) is 22.3. The van der Waals surface area contributed by atoms with Crippen molar-refractivity contribution in [1.29, 1.82) is 0 Å². The fraction of sp³-hybridized carbons (Fsp3) is 0.423. The molecule has 1 aliphatic heterocycles. The highest BCUT2D eigenvalue weighted by molar-refractivity contribution is 5.95. The molecule has 0 spiro atoms. The van der Waals surface area contributed by atoms with E-state index in [0.29, 0.717) is 24.6 Å². The Balaban J connectivity index is 1.61. The van der Waals surface area contributed by atoms with E-state index in [9.17, 15) is 14.7 Å². The van der Waals surface area contributed by atoms with Gasteiger partial charge in [0.1, 0.15) is 5.75 Å². The van der Waals surface area contributed by atoms with Crippen LogP contribution < -0.4 is 9.64 Å². The summed E-state index contributed by atoms with van der Waals surface area (Å²) in [6.45, 7) is 2.02. The van der Waals surface area contributed by atoms with Crippen LogP contribution in [0.2, 0.25) is 0 Å². The van der Waals surface area contributed by atoms with E-state index in [0.717, 1.165) is 48.0 Å². The molecule has 2 aliphatic rings. The number of benzene rings is 2. The number of carbonyl (C=O) groups is 2. The van der Waals surface area contributed by atoms with Crippen LogP contribution in [-0.2, 0) is 16.0 Å². The third-order valence-electron chi connectivity index (χ3n) is 7.16. The van der Waals surface area contributed by atoms with Crippen molar-refractivity contribution in [3.63, 3.8) is 0 Å². The largest absolute Gasteiger partial charge is 0.481 e. The monoisotopic (exact) mass is 463 g/mol. The zero-order valence-electron chi connectivity index (χ0n) is 19.4. The average molecular weight is 464 g/mol. The van der Waals surface area contributed by atoms with Gasteiger partial charge in [0.2, 0.25) is 0 Å². The van der Waals surface area contributed by atoms with Gasteiger partial charge in [-0.1, -0.05) is 18.2 Å². The van der Waals surface area contributed by atoms with Crippen molar-refractivity contribution >= 4 is 28.8 Å². The molecule has 1 fully saturated rings. The lowest BCUT2D eigenvalue weighted by molar-refractivity contribution is -0.143. The molecule has 1 saturated carbocycles. The maximum absolute atomic E-state index is 12.5. The van der Waals surface area contributed by atoms with E-state index in [1.807, 2.05) is 49.4 Å². The molecular formula is C26H29N3O5. The normalized spacial score (nSPS) is 22.3. The van der Waals surface area contributed by atoms with Gasteiger partial charge < -0.3 is 14.6 Å². The number of imidazole rings is 1. The van der Waals surface area contributed by atoms with Gasteiger partial charge in [0.25, 0.3) is 0 Å². The number of amides is 1. The summed E-state index contributed by atoms with van der Waals surface area (Å²) in [7, 11) is 1.40. The Kier molecular flexibility index (Phi) is 5.89. The van der Waals surface area contributed by atoms with Gasteiger partial charge in [0.15, 0.2) is 0 Å². The SMILES string of the molecule is COC(=O)N1c2ccc3c(nc(Oc4ccccc4)n3C3CCC(C(=O)O)CC3)c2CC[C@@H]1C. The highest BCUT2D eigenvalue weighted by Gasteiger charge is 2.34. The van der Waals surface area contributed by atoms with Crippen LogP contribution in [0.25, 0.3) is 11.0 Å². The Hall–Kier alpha value is -3.55. The van der Waals surface area contributed by atoms with Gasteiger partial charge in [-0.3, -0.25) is 14.3 Å². The molecule has 2 aromatic carbocycles. The Bertz CT molecular complexity index is 1210. The number of hydrogen-bond donors (Lipinski definition) is 1. The molecular weight excluding hydrogens is 434 g/mol. The lowest BCUT2D eigenvalue weighted by Crippen LogP contribution is -2.42. The summed E-state index contributed by atoms with van der Waals surface area (Å²) in [6, 6.07) is 14.1. The van der Waals surface area contributed by atoms with Crippen molar-refractivity contribution in [3.05, 3.63) is 48.0 Å². The molecule has 8 heteroatoms. The molecule has 5 rings (SSSR count). The molecule has 0 unspecified atom stereocenters. The van der Waals surface area contributed by atoms with Crippen LogP contribution in [0.3, 0.4) is 0 Å². The molecule has 1 N–H and O–H groups in total. The highest BCUT2D eigenvalue weighted by atomic mass is 16.5. The summed E-state index contributed by atoms with van der Waals surface area (Å²) in [5, 5.41) is 9.43. The molecule has 8 nitrogen and oxygen atoms in total. The second-order valence-corrected chi connectivity index (χ2v) is 9.18. The summed E-state index contributed by atoms with van der Waals surface area (Å²) in [5.41, 5.74) is 3.60. The maximum Gasteiger partial charge on any atom is 0.414 e. The summed E-state index contributed by atoms with van der Waals surface area (Å²) in [6.07, 6.45) is 3.99. The summed E-state index contributed by atoms with van der Waals surface area (Å²) < 4.78 is 13.4. The molecule has 178 valence electrons. The molecule has 0 bridgehead atoms. The van der Waals surface area contributed by atoms with E-state index in [-0.39, 0.29) is 24.1 Å². The molecule has 34 heavy (non-hydrogen) atoms. The summed E-state index contributed by atoms with van der Waals surface area (Å²) >= 11 is 0. The molecule has 1 aliphatic carbocycles. The van der Waals surface area contributed by atoms with Gasteiger partial charge in [-0.2, -0.15) is 4.98 Å². The van der Waals surface area contributed by atoms with Crippen LogP contribution in [-0.4, -0.2) is 39.9 Å². The minimum Gasteiger partial charge on any atom is -0.481 e. The van der Waals surface area contributed by atoms with Crippen molar-refractivity contribution in [2.24, 2.45) is 5.92 Å². The predicted octanol–water partition coefficient (Wildman–Crippen LogP) is 5.55. The first-order chi connectivity index (χ1) is 16.5. The number of rotatable bonds is 4. The number of carbonyl (C=O) groups excluding carboxylic acids is 1. The van der Waals surface area contributed by atoms with Gasteiger partial charge >= 0.3 is 18.1 Å². The van der Waals surface area contributed by atoms with Crippen LogP contribution in [0.15, 0.2) is 42.5 Å². The fourth-order valence-corrected chi connectivity index (χ4v) is 5.35. The van der Waals surface area contributed by atoms with Crippen molar-refractivity contribution in [2.45, 2.75) is 57.5 Å². The number of aliphatic carboxylic acids is 1. The number of hydrogen-bond acceptors (Lipinski definition) is 5. The number of anilines is 1. The first-order valence-electron chi connectivity index (χ1n) is 11.8. The van der Waals surface area contributed by atoms with E-state index in [2.05, 4.69) is 4.57 Å². The molecule has 1 aromatic heterocycles. The summed E-state index contributed by atoms with van der Waals surface area (Å²) in [5.74, 6) is -0.329. The van der Waals surface area contributed by atoms with Gasteiger partial charge in [0, 0.05) is 17.6 Å².